The van der Waals surface area contributed by atoms with Crippen molar-refractivity contribution in [2.45, 2.75) is 32.4 Å². The molecule has 1 saturated heterocycles. The second kappa shape index (κ2) is 4.93. The summed E-state index contributed by atoms with van der Waals surface area (Å²) in [5, 5.41) is 8.63. The van der Waals surface area contributed by atoms with Crippen LogP contribution < -0.4 is 5.73 Å². The van der Waals surface area contributed by atoms with Crippen molar-refractivity contribution in [2.24, 2.45) is 5.73 Å². The molecule has 0 bridgehead atoms. The van der Waals surface area contributed by atoms with Crippen molar-refractivity contribution in [1.82, 2.24) is 9.80 Å². The van der Waals surface area contributed by atoms with Gasteiger partial charge in [-0.2, -0.15) is 5.26 Å². The highest BCUT2D eigenvalue weighted by Gasteiger charge is 2.26. The van der Waals surface area contributed by atoms with Crippen molar-refractivity contribution in [1.29, 1.82) is 5.26 Å². The van der Waals surface area contributed by atoms with Crippen LogP contribution in [-0.4, -0.2) is 54.1 Å². The average molecular weight is 210 g/mol. The molecule has 1 fully saturated rings. The Balaban J connectivity index is 2.34. The summed E-state index contributed by atoms with van der Waals surface area (Å²) in [6.45, 7) is 11.6. The Kier molecular flexibility index (Phi) is 4.09. The number of hydrogen-bond donors (Lipinski definition) is 1. The van der Waals surface area contributed by atoms with Crippen LogP contribution in [-0.2, 0) is 0 Å². The van der Waals surface area contributed by atoms with Gasteiger partial charge in [0.25, 0.3) is 0 Å². The second-order valence-electron chi connectivity index (χ2n) is 5.19. The Morgan fingerprint density at radius 1 is 1.27 bits per heavy atom. The lowest BCUT2D eigenvalue weighted by molar-refractivity contribution is 0.0618. The van der Waals surface area contributed by atoms with E-state index in [4.69, 9.17) is 11.0 Å². The molecule has 0 saturated carbocycles. The third kappa shape index (κ3) is 3.78. The van der Waals surface area contributed by atoms with Gasteiger partial charge in [-0.25, -0.2) is 0 Å². The first kappa shape index (κ1) is 12.4. The first-order valence-electron chi connectivity index (χ1n) is 5.56. The van der Waals surface area contributed by atoms with Crippen molar-refractivity contribution in [3.8, 4) is 6.07 Å². The molecule has 1 atom stereocenters. The molecule has 1 heterocycles. The number of rotatable bonds is 2. The van der Waals surface area contributed by atoms with Crippen molar-refractivity contribution in [3.63, 3.8) is 0 Å². The largest absolute Gasteiger partial charge is 0.315 e. The molecule has 2 N–H and O–H groups in total. The van der Waals surface area contributed by atoms with Crippen LogP contribution >= 0.6 is 0 Å². The Bertz CT molecular complexity index is 230. The van der Waals surface area contributed by atoms with Crippen LogP contribution in [0.15, 0.2) is 0 Å². The predicted molar refractivity (Wildman–Crippen MR) is 61.4 cm³/mol. The average Bonchev–Trinajstić information content (AvgIpc) is 2.17. The fraction of sp³-hybridized carbons (Fsp3) is 0.909. The van der Waals surface area contributed by atoms with Crippen LogP contribution in [0.25, 0.3) is 0 Å². The summed E-state index contributed by atoms with van der Waals surface area (Å²) in [6, 6.07) is 1.73. The maximum absolute atomic E-state index is 8.63. The topological polar surface area (TPSA) is 56.3 Å². The van der Waals surface area contributed by atoms with Crippen molar-refractivity contribution in [3.05, 3.63) is 0 Å². The molecule has 0 aromatic rings. The maximum Gasteiger partial charge on any atom is 0.106 e. The summed E-state index contributed by atoms with van der Waals surface area (Å²) in [6.07, 6.45) is 0. The SMILES string of the molecule is CC(C)(C)N1CCN(CC(N)C#N)CC1. The van der Waals surface area contributed by atoms with Gasteiger partial charge in [-0.1, -0.05) is 0 Å². The van der Waals surface area contributed by atoms with Crippen LogP contribution in [0.1, 0.15) is 20.8 Å². The molecule has 15 heavy (non-hydrogen) atoms. The zero-order valence-corrected chi connectivity index (χ0v) is 10.0. The molecular formula is C11H22N4. The lowest BCUT2D eigenvalue weighted by Crippen LogP contribution is -2.54. The Morgan fingerprint density at radius 2 is 1.80 bits per heavy atom. The molecule has 1 unspecified atom stereocenters. The van der Waals surface area contributed by atoms with Crippen molar-refractivity contribution < 1.29 is 0 Å². The highest BCUT2D eigenvalue weighted by molar-refractivity contribution is 4.91. The molecule has 0 aliphatic carbocycles. The van der Waals surface area contributed by atoms with E-state index in [0.29, 0.717) is 6.54 Å². The number of nitrogens with two attached hydrogens (primary N) is 1. The van der Waals surface area contributed by atoms with Crippen LogP contribution in [0.3, 0.4) is 0 Å². The maximum atomic E-state index is 8.63. The minimum absolute atomic E-state index is 0.253. The van der Waals surface area contributed by atoms with Crippen LogP contribution in [0.4, 0.5) is 0 Å². The molecule has 1 rings (SSSR count). The van der Waals surface area contributed by atoms with Crippen molar-refractivity contribution >= 4 is 0 Å². The molecule has 4 nitrogen and oxygen atoms in total. The molecule has 0 radical (unpaired) electrons. The van der Waals surface area contributed by atoms with E-state index < -0.39 is 0 Å². The highest BCUT2D eigenvalue weighted by atomic mass is 15.3. The van der Waals surface area contributed by atoms with Gasteiger partial charge in [-0.05, 0) is 20.8 Å². The van der Waals surface area contributed by atoms with Gasteiger partial charge in [0.05, 0.1) is 6.07 Å². The molecule has 1 aliphatic heterocycles. The van der Waals surface area contributed by atoms with Gasteiger partial charge in [-0.15, -0.1) is 0 Å². The van der Waals surface area contributed by atoms with E-state index in [2.05, 4.69) is 36.6 Å². The van der Waals surface area contributed by atoms with Gasteiger partial charge in [-0.3, -0.25) is 9.80 Å². The second-order valence-corrected chi connectivity index (χ2v) is 5.19. The quantitative estimate of drug-likeness (QED) is 0.710. The summed E-state index contributed by atoms with van der Waals surface area (Å²) in [5.41, 5.74) is 5.86. The summed E-state index contributed by atoms with van der Waals surface area (Å²) in [7, 11) is 0. The zero-order chi connectivity index (χ0) is 11.5. The van der Waals surface area contributed by atoms with Gasteiger partial charge in [0.15, 0.2) is 0 Å². The van der Waals surface area contributed by atoms with E-state index in [-0.39, 0.29) is 11.6 Å². The van der Waals surface area contributed by atoms with Crippen molar-refractivity contribution in [2.75, 3.05) is 32.7 Å². The minimum atomic E-state index is -0.341. The molecule has 4 heteroatoms. The molecule has 1 aliphatic rings. The summed E-state index contributed by atoms with van der Waals surface area (Å²) in [5.74, 6) is 0. The van der Waals surface area contributed by atoms with E-state index in [9.17, 15) is 0 Å². The third-order valence-electron chi connectivity index (χ3n) is 2.94. The molecule has 0 spiro atoms. The first-order chi connectivity index (χ1) is 6.93. The molecule has 0 aromatic carbocycles. The molecule has 0 amide bonds. The highest BCUT2D eigenvalue weighted by Crippen LogP contribution is 2.15. The Morgan fingerprint density at radius 3 is 2.20 bits per heavy atom. The fourth-order valence-electron chi connectivity index (χ4n) is 1.92. The van der Waals surface area contributed by atoms with E-state index in [0.717, 1.165) is 26.2 Å². The van der Waals surface area contributed by atoms with Gasteiger partial charge >= 0.3 is 0 Å². The Labute approximate surface area is 92.6 Å². The predicted octanol–water partition coefficient (Wildman–Crippen LogP) is 0.253. The monoisotopic (exact) mass is 210 g/mol. The van der Waals surface area contributed by atoms with Crippen LogP contribution in [0, 0.1) is 11.3 Å². The van der Waals surface area contributed by atoms with Crippen LogP contribution in [0.5, 0.6) is 0 Å². The van der Waals surface area contributed by atoms with E-state index >= 15 is 0 Å². The third-order valence-corrected chi connectivity index (χ3v) is 2.94. The number of hydrogen-bond acceptors (Lipinski definition) is 4. The fourth-order valence-corrected chi connectivity index (χ4v) is 1.92. The van der Waals surface area contributed by atoms with E-state index in [1.165, 1.54) is 0 Å². The molecule has 0 aromatic heterocycles. The van der Waals surface area contributed by atoms with Gasteiger partial charge in [0.1, 0.15) is 6.04 Å². The first-order valence-corrected chi connectivity index (χ1v) is 5.56. The molecule has 86 valence electrons. The molecular weight excluding hydrogens is 188 g/mol. The lowest BCUT2D eigenvalue weighted by atomic mass is 10.0. The standard InChI is InChI=1S/C11H22N4/c1-11(2,3)15-6-4-14(5-7-15)9-10(13)8-12/h10H,4-7,9,13H2,1-3H3. The summed E-state index contributed by atoms with van der Waals surface area (Å²) >= 11 is 0. The van der Waals surface area contributed by atoms with Gasteiger partial charge in [0, 0.05) is 38.3 Å². The van der Waals surface area contributed by atoms with Crippen LogP contribution in [0.2, 0.25) is 0 Å². The van der Waals surface area contributed by atoms with E-state index in [1.54, 1.807) is 0 Å². The number of nitriles is 1. The Hall–Kier alpha value is -0.630. The summed E-state index contributed by atoms with van der Waals surface area (Å²) < 4.78 is 0. The smallest absolute Gasteiger partial charge is 0.106 e. The number of piperazine rings is 1. The van der Waals surface area contributed by atoms with Gasteiger partial charge < -0.3 is 5.73 Å². The normalized spacial score (nSPS) is 22.3. The lowest BCUT2D eigenvalue weighted by Gasteiger charge is -2.42. The number of nitrogens with zero attached hydrogens (tertiary/aromatic N) is 3. The minimum Gasteiger partial charge on any atom is -0.315 e. The zero-order valence-electron chi connectivity index (χ0n) is 10.0. The van der Waals surface area contributed by atoms with Gasteiger partial charge in [0.2, 0.25) is 0 Å². The summed E-state index contributed by atoms with van der Waals surface area (Å²) in [4.78, 5) is 4.75. The van der Waals surface area contributed by atoms with E-state index in [1.807, 2.05) is 0 Å².